The van der Waals surface area contributed by atoms with Crippen LogP contribution in [0.5, 0.6) is 5.75 Å². The van der Waals surface area contributed by atoms with Gasteiger partial charge >= 0.3 is 11.7 Å². The minimum atomic E-state index is -0.599. The van der Waals surface area contributed by atoms with E-state index in [4.69, 9.17) is 10.5 Å². The quantitative estimate of drug-likeness (QED) is 0.360. The number of nitrogens with two attached hydrogens (primary N) is 1. The average molecular weight is 224 g/mol. The molecule has 6 heteroatoms. The maximum atomic E-state index is 11.1. The monoisotopic (exact) mass is 224 g/mol. The highest BCUT2D eigenvalue weighted by Gasteiger charge is 2.17. The van der Waals surface area contributed by atoms with E-state index in [0.29, 0.717) is 5.56 Å². The molecular weight excluding hydrogens is 212 g/mol. The molecule has 0 saturated carbocycles. The van der Waals surface area contributed by atoms with Gasteiger partial charge in [-0.15, -0.1) is 0 Å². The lowest BCUT2D eigenvalue weighted by Crippen LogP contribution is -2.08. The molecule has 1 aromatic carbocycles. The van der Waals surface area contributed by atoms with Crippen molar-refractivity contribution in [3.8, 4) is 5.75 Å². The number of benzene rings is 1. The van der Waals surface area contributed by atoms with Crippen molar-refractivity contribution in [3.05, 3.63) is 33.9 Å². The standard InChI is InChI=1S/C10H12N2O4/c1-2-10(13)16-9-5-7(6-11)3-4-8(9)12(14)15/h3-5H,2,6,11H2,1H3. The largest absolute Gasteiger partial charge is 0.419 e. The summed E-state index contributed by atoms with van der Waals surface area (Å²) in [6.07, 6.45) is 0.157. The van der Waals surface area contributed by atoms with Crippen LogP contribution in [0.1, 0.15) is 18.9 Å². The second-order valence-corrected chi connectivity index (χ2v) is 3.09. The molecule has 16 heavy (non-hydrogen) atoms. The summed E-state index contributed by atoms with van der Waals surface area (Å²) in [5.74, 6) is -0.572. The van der Waals surface area contributed by atoms with Crippen LogP contribution in [0.3, 0.4) is 0 Å². The molecule has 0 atom stereocenters. The molecule has 0 aromatic heterocycles. The van der Waals surface area contributed by atoms with Gasteiger partial charge in [0.25, 0.3) is 0 Å². The van der Waals surface area contributed by atoms with E-state index in [2.05, 4.69) is 0 Å². The first kappa shape index (κ1) is 12.1. The molecule has 0 aliphatic carbocycles. The average Bonchev–Trinajstić information content (AvgIpc) is 2.28. The Hall–Kier alpha value is -1.95. The molecule has 0 amide bonds. The van der Waals surface area contributed by atoms with Gasteiger partial charge in [0.2, 0.25) is 5.75 Å². The molecule has 1 aromatic rings. The summed E-state index contributed by atoms with van der Waals surface area (Å²) in [6, 6.07) is 4.22. The fourth-order valence-corrected chi connectivity index (χ4v) is 1.11. The molecule has 0 heterocycles. The summed E-state index contributed by atoms with van der Waals surface area (Å²) in [7, 11) is 0. The number of hydrogen-bond donors (Lipinski definition) is 1. The van der Waals surface area contributed by atoms with Gasteiger partial charge in [0.15, 0.2) is 0 Å². The highest BCUT2D eigenvalue weighted by molar-refractivity contribution is 5.73. The van der Waals surface area contributed by atoms with Crippen molar-refractivity contribution in [2.45, 2.75) is 19.9 Å². The second kappa shape index (κ2) is 5.22. The predicted octanol–water partition coefficient (Wildman–Crippen LogP) is 1.37. The van der Waals surface area contributed by atoms with Crippen molar-refractivity contribution in [2.24, 2.45) is 5.73 Å². The number of carbonyl (C=O) groups excluding carboxylic acids is 1. The van der Waals surface area contributed by atoms with Gasteiger partial charge in [-0.25, -0.2) is 0 Å². The van der Waals surface area contributed by atoms with Crippen LogP contribution in [0, 0.1) is 10.1 Å². The van der Waals surface area contributed by atoms with Crippen LogP contribution < -0.4 is 10.5 Å². The third-order valence-corrected chi connectivity index (χ3v) is 1.97. The topological polar surface area (TPSA) is 95.5 Å². The van der Waals surface area contributed by atoms with Gasteiger partial charge in [-0.3, -0.25) is 14.9 Å². The van der Waals surface area contributed by atoms with Crippen molar-refractivity contribution < 1.29 is 14.5 Å². The molecule has 0 saturated heterocycles. The third-order valence-electron chi connectivity index (χ3n) is 1.97. The zero-order chi connectivity index (χ0) is 12.1. The molecule has 0 bridgehead atoms. The van der Waals surface area contributed by atoms with Gasteiger partial charge in [-0.05, 0) is 11.6 Å². The fraction of sp³-hybridized carbons (Fsp3) is 0.300. The van der Waals surface area contributed by atoms with E-state index in [9.17, 15) is 14.9 Å². The van der Waals surface area contributed by atoms with Gasteiger partial charge in [-0.1, -0.05) is 13.0 Å². The van der Waals surface area contributed by atoms with Crippen molar-refractivity contribution in [3.63, 3.8) is 0 Å². The lowest BCUT2D eigenvalue weighted by atomic mass is 10.2. The molecule has 0 unspecified atom stereocenters. The van der Waals surface area contributed by atoms with E-state index in [1.165, 1.54) is 18.2 Å². The number of hydrogen-bond acceptors (Lipinski definition) is 5. The third kappa shape index (κ3) is 2.77. The number of nitro benzene ring substituents is 1. The van der Waals surface area contributed by atoms with Crippen LogP contribution in [0.15, 0.2) is 18.2 Å². The molecule has 0 aliphatic heterocycles. The number of carbonyl (C=O) groups is 1. The fourth-order valence-electron chi connectivity index (χ4n) is 1.11. The van der Waals surface area contributed by atoms with E-state index in [1.54, 1.807) is 6.92 Å². The Morgan fingerprint density at radius 3 is 2.75 bits per heavy atom. The maximum Gasteiger partial charge on any atom is 0.311 e. The van der Waals surface area contributed by atoms with E-state index < -0.39 is 10.9 Å². The lowest BCUT2D eigenvalue weighted by Gasteiger charge is -2.05. The summed E-state index contributed by atoms with van der Waals surface area (Å²) in [4.78, 5) is 21.2. The smallest absolute Gasteiger partial charge is 0.311 e. The summed E-state index contributed by atoms with van der Waals surface area (Å²) >= 11 is 0. The highest BCUT2D eigenvalue weighted by Crippen LogP contribution is 2.28. The minimum absolute atomic E-state index is 0.0557. The molecular formula is C10H12N2O4. The Morgan fingerprint density at radius 2 is 2.25 bits per heavy atom. The van der Waals surface area contributed by atoms with Crippen LogP contribution in [-0.2, 0) is 11.3 Å². The second-order valence-electron chi connectivity index (χ2n) is 3.09. The SMILES string of the molecule is CCC(=O)Oc1cc(CN)ccc1[N+](=O)[O-]. The summed E-state index contributed by atoms with van der Waals surface area (Å²) in [5, 5.41) is 10.7. The molecule has 0 spiro atoms. The first-order chi connectivity index (χ1) is 7.58. The zero-order valence-electron chi connectivity index (χ0n) is 8.80. The van der Waals surface area contributed by atoms with Gasteiger partial charge in [0.1, 0.15) is 0 Å². The first-order valence-corrected chi connectivity index (χ1v) is 4.76. The summed E-state index contributed by atoms with van der Waals surface area (Å²) in [6.45, 7) is 1.84. The molecule has 2 N–H and O–H groups in total. The Balaban J connectivity index is 3.10. The molecule has 86 valence electrons. The van der Waals surface area contributed by atoms with Crippen molar-refractivity contribution in [1.29, 1.82) is 0 Å². The van der Waals surface area contributed by atoms with Crippen molar-refractivity contribution in [1.82, 2.24) is 0 Å². The number of ether oxygens (including phenoxy) is 1. The number of nitro groups is 1. The van der Waals surface area contributed by atoms with Gasteiger partial charge in [0, 0.05) is 19.0 Å². The Kier molecular flexibility index (Phi) is 3.96. The number of rotatable bonds is 4. The van der Waals surface area contributed by atoms with Crippen LogP contribution >= 0.6 is 0 Å². The van der Waals surface area contributed by atoms with E-state index in [1.807, 2.05) is 0 Å². The summed E-state index contributed by atoms with van der Waals surface area (Å²) < 4.78 is 4.86. The highest BCUT2D eigenvalue weighted by atomic mass is 16.6. The predicted molar refractivity (Wildman–Crippen MR) is 56.9 cm³/mol. The Bertz CT molecular complexity index is 417. The van der Waals surface area contributed by atoms with Gasteiger partial charge < -0.3 is 10.5 Å². The van der Waals surface area contributed by atoms with Crippen LogP contribution in [0.2, 0.25) is 0 Å². The van der Waals surface area contributed by atoms with Gasteiger partial charge in [0.05, 0.1) is 4.92 Å². The Morgan fingerprint density at radius 1 is 1.56 bits per heavy atom. The molecule has 0 fully saturated rings. The van der Waals surface area contributed by atoms with E-state index in [-0.39, 0.29) is 24.4 Å². The summed E-state index contributed by atoms with van der Waals surface area (Å²) in [5.41, 5.74) is 5.83. The first-order valence-electron chi connectivity index (χ1n) is 4.76. The maximum absolute atomic E-state index is 11.1. The van der Waals surface area contributed by atoms with Crippen molar-refractivity contribution in [2.75, 3.05) is 0 Å². The molecule has 0 radical (unpaired) electrons. The van der Waals surface area contributed by atoms with Crippen LogP contribution in [0.4, 0.5) is 5.69 Å². The van der Waals surface area contributed by atoms with E-state index in [0.717, 1.165) is 0 Å². The molecule has 6 nitrogen and oxygen atoms in total. The zero-order valence-corrected chi connectivity index (χ0v) is 8.80. The number of esters is 1. The van der Waals surface area contributed by atoms with E-state index >= 15 is 0 Å². The van der Waals surface area contributed by atoms with Gasteiger partial charge in [-0.2, -0.15) is 0 Å². The van der Waals surface area contributed by atoms with Crippen LogP contribution in [-0.4, -0.2) is 10.9 Å². The molecule has 0 aliphatic rings. The van der Waals surface area contributed by atoms with Crippen molar-refractivity contribution >= 4 is 11.7 Å². The van der Waals surface area contributed by atoms with Crippen LogP contribution in [0.25, 0.3) is 0 Å². The Labute approximate surface area is 92.2 Å². The lowest BCUT2D eigenvalue weighted by molar-refractivity contribution is -0.385. The normalized spacial score (nSPS) is 9.88. The molecule has 1 rings (SSSR count). The number of nitrogens with zero attached hydrogens (tertiary/aromatic N) is 1. The minimum Gasteiger partial charge on any atom is -0.419 e.